The predicted octanol–water partition coefficient (Wildman–Crippen LogP) is 3.82. The third kappa shape index (κ3) is 1.64. The topological polar surface area (TPSA) is 46.3 Å². The maximum atomic E-state index is 9.88. The highest BCUT2D eigenvalue weighted by atomic mass is 16.3. The second kappa shape index (κ2) is 3.88. The first-order valence-corrected chi connectivity index (χ1v) is 5.81. The summed E-state index contributed by atoms with van der Waals surface area (Å²) in [7, 11) is 0. The summed E-state index contributed by atoms with van der Waals surface area (Å²) in [5.41, 5.74) is 4.33. The minimum atomic E-state index is 0.185. The molecule has 1 aromatic heterocycles. The number of benzene rings is 2. The van der Waals surface area contributed by atoms with Crippen LogP contribution in [-0.2, 0) is 0 Å². The van der Waals surface area contributed by atoms with E-state index in [4.69, 9.17) is 4.42 Å². The van der Waals surface area contributed by atoms with E-state index >= 15 is 0 Å². The average Bonchev–Trinajstić information content (AvgIpc) is 2.77. The Morgan fingerprint density at radius 2 is 1.94 bits per heavy atom. The summed E-state index contributed by atoms with van der Waals surface area (Å²) in [6.07, 6.45) is 0. The summed E-state index contributed by atoms with van der Waals surface area (Å²) in [4.78, 5) is 4.46. The molecular weight excluding hydrogens is 226 g/mol. The molecule has 0 unspecified atom stereocenters. The molecule has 1 N–H and O–H groups in total. The first-order valence-electron chi connectivity index (χ1n) is 5.81. The molecule has 0 fully saturated rings. The number of rotatable bonds is 1. The van der Waals surface area contributed by atoms with Gasteiger partial charge in [-0.1, -0.05) is 23.8 Å². The maximum absolute atomic E-state index is 9.88. The van der Waals surface area contributed by atoms with Gasteiger partial charge < -0.3 is 9.52 Å². The highest BCUT2D eigenvalue weighted by Crippen LogP contribution is 2.32. The van der Waals surface area contributed by atoms with Crippen molar-refractivity contribution in [1.82, 2.24) is 4.98 Å². The Morgan fingerprint density at radius 1 is 1.11 bits per heavy atom. The molecule has 0 spiro atoms. The van der Waals surface area contributed by atoms with Crippen molar-refractivity contribution >= 4 is 11.1 Å². The van der Waals surface area contributed by atoms with Crippen molar-refractivity contribution in [3.05, 3.63) is 47.5 Å². The van der Waals surface area contributed by atoms with Crippen molar-refractivity contribution in [3.63, 3.8) is 0 Å². The van der Waals surface area contributed by atoms with Crippen LogP contribution in [0, 0.1) is 13.8 Å². The van der Waals surface area contributed by atoms with Gasteiger partial charge in [-0.05, 0) is 37.6 Å². The number of fused-ring (bicyclic) bond motifs is 1. The highest BCUT2D eigenvalue weighted by Gasteiger charge is 2.13. The van der Waals surface area contributed by atoms with E-state index in [0.29, 0.717) is 11.5 Å². The van der Waals surface area contributed by atoms with Gasteiger partial charge in [0.05, 0.1) is 5.56 Å². The van der Waals surface area contributed by atoms with E-state index in [9.17, 15) is 5.11 Å². The van der Waals surface area contributed by atoms with Gasteiger partial charge in [-0.3, -0.25) is 0 Å². The maximum Gasteiger partial charge on any atom is 0.231 e. The molecule has 1 heterocycles. The number of aromatic nitrogens is 1. The molecule has 0 radical (unpaired) electrons. The quantitative estimate of drug-likeness (QED) is 0.702. The number of phenols is 1. The molecule has 0 amide bonds. The Balaban J connectivity index is 2.26. The monoisotopic (exact) mass is 239 g/mol. The van der Waals surface area contributed by atoms with Crippen LogP contribution in [0.4, 0.5) is 0 Å². The first-order chi connectivity index (χ1) is 8.65. The molecule has 18 heavy (non-hydrogen) atoms. The van der Waals surface area contributed by atoms with Crippen molar-refractivity contribution in [2.75, 3.05) is 0 Å². The van der Waals surface area contributed by atoms with Crippen molar-refractivity contribution in [3.8, 4) is 17.2 Å². The van der Waals surface area contributed by atoms with E-state index in [1.807, 2.05) is 44.2 Å². The third-order valence-corrected chi connectivity index (χ3v) is 3.00. The predicted molar refractivity (Wildman–Crippen MR) is 70.6 cm³/mol. The smallest absolute Gasteiger partial charge is 0.231 e. The number of nitrogens with zero attached hydrogens (tertiary/aromatic N) is 1. The second-order valence-corrected chi connectivity index (χ2v) is 4.46. The average molecular weight is 239 g/mol. The van der Waals surface area contributed by atoms with Gasteiger partial charge in [0.2, 0.25) is 5.89 Å². The zero-order chi connectivity index (χ0) is 12.7. The molecule has 2 aromatic carbocycles. The fourth-order valence-corrected chi connectivity index (χ4v) is 2.02. The van der Waals surface area contributed by atoms with Crippen LogP contribution < -0.4 is 0 Å². The van der Waals surface area contributed by atoms with Crippen molar-refractivity contribution in [2.24, 2.45) is 0 Å². The number of aryl methyl sites for hydroxylation is 2. The SMILES string of the molecule is Cc1ccc(O)c(-c2nc3c(C)cccc3o2)c1. The summed E-state index contributed by atoms with van der Waals surface area (Å²) < 4.78 is 5.70. The van der Waals surface area contributed by atoms with Crippen molar-refractivity contribution < 1.29 is 9.52 Å². The first kappa shape index (κ1) is 10.8. The number of hydrogen-bond donors (Lipinski definition) is 1. The van der Waals surface area contributed by atoms with Crippen LogP contribution in [0.1, 0.15) is 11.1 Å². The summed E-state index contributed by atoms with van der Waals surface area (Å²) in [5, 5.41) is 9.88. The lowest BCUT2D eigenvalue weighted by Gasteiger charge is -2.00. The highest BCUT2D eigenvalue weighted by molar-refractivity contribution is 5.80. The van der Waals surface area contributed by atoms with Gasteiger partial charge >= 0.3 is 0 Å². The Morgan fingerprint density at radius 3 is 2.72 bits per heavy atom. The van der Waals surface area contributed by atoms with Crippen LogP contribution in [0.15, 0.2) is 40.8 Å². The molecular formula is C15H13NO2. The van der Waals surface area contributed by atoms with Crippen LogP contribution >= 0.6 is 0 Å². The summed E-state index contributed by atoms with van der Waals surface area (Å²) in [5.74, 6) is 0.644. The number of hydrogen-bond acceptors (Lipinski definition) is 3. The van der Waals surface area contributed by atoms with Gasteiger partial charge in [0.25, 0.3) is 0 Å². The van der Waals surface area contributed by atoms with Gasteiger partial charge in [0, 0.05) is 0 Å². The Hall–Kier alpha value is -2.29. The Bertz CT molecular complexity index is 728. The lowest BCUT2D eigenvalue weighted by atomic mass is 10.1. The molecule has 0 aliphatic rings. The normalized spacial score (nSPS) is 11.0. The zero-order valence-corrected chi connectivity index (χ0v) is 10.3. The van der Waals surface area contributed by atoms with Crippen molar-refractivity contribution in [1.29, 1.82) is 0 Å². The van der Waals surface area contributed by atoms with Crippen LogP contribution in [0.3, 0.4) is 0 Å². The molecule has 0 atom stereocenters. The molecule has 3 nitrogen and oxygen atoms in total. The van der Waals surface area contributed by atoms with Gasteiger partial charge in [0.1, 0.15) is 11.3 Å². The lowest BCUT2D eigenvalue weighted by molar-refractivity contribution is 0.474. The molecule has 3 rings (SSSR count). The molecule has 0 bridgehead atoms. The molecule has 0 aliphatic carbocycles. The minimum Gasteiger partial charge on any atom is -0.507 e. The van der Waals surface area contributed by atoms with Crippen LogP contribution in [0.5, 0.6) is 5.75 Å². The molecule has 0 saturated carbocycles. The summed E-state index contributed by atoms with van der Waals surface area (Å²) in [6, 6.07) is 11.2. The van der Waals surface area contributed by atoms with E-state index in [-0.39, 0.29) is 5.75 Å². The number of aromatic hydroxyl groups is 1. The van der Waals surface area contributed by atoms with Gasteiger partial charge in [-0.15, -0.1) is 0 Å². The van der Waals surface area contributed by atoms with E-state index < -0.39 is 0 Å². The fourth-order valence-electron chi connectivity index (χ4n) is 2.02. The Kier molecular flexibility index (Phi) is 2.33. The molecule has 0 saturated heterocycles. The van der Waals surface area contributed by atoms with Gasteiger partial charge in [-0.2, -0.15) is 0 Å². The summed E-state index contributed by atoms with van der Waals surface area (Å²) in [6.45, 7) is 3.96. The third-order valence-electron chi connectivity index (χ3n) is 3.00. The minimum absolute atomic E-state index is 0.185. The second-order valence-electron chi connectivity index (χ2n) is 4.46. The molecule has 3 aromatic rings. The van der Waals surface area contributed by atoms with Crippen LogP contribution in [0.2, 0.25) is 0 Å². The number of para-hydroxylation sites is 1. The summed E-state index contributed by atoms with van der Waals surface area (Å²) >= 11 is 0. The number of oxazole rings is 1. The zero-order valence-electron chi connectivity index (χ0n) is 10.3. The molecule has 3 heteroatoms. The standard InChI is InChI=1S/C15H13NO2/c1-9-6-7-12(17)11(8-9)15-16-14-10(2)4-3-5-13(14)18-15/h3-8,17H,1-2H3. The fraction of sp³-hybridized carbons (Fsp3) is 0.133. The van der Waals surface area contributed by atoms with E-state index in [2.05, 4.69) is 4.98 Å². The van der Waals surface area contributed by atoms with Gasteiger partial charge in [-0.25, -0.2) is 4.98 Å². The largest absolute Gasteiger partial charge is 0.507 e. The van der Waals surface area contributed by atoms with Crippen molar-refractivity contribution in [2.45, 2.75) is 13.8 Å². The lowest BCUT2D eigenvalue weighted by Crippen LogP contribution is -1.81. The Labute approximate surface area is 105 Å². The molecule has 0 aliphatic heterocycles. The van der Waals surface area contributed by atoms with E-state index in [1.54, 1.807) is 6.07 Å². The van der Waals surface area contributed by atoms with E-state index in [1.165, 1.54) is 0 Å². The van der Waals surface area contributed by atoms with Gasteiger partial charge in [0.15, 0.2) is 5.58 Å². The van der Waals surface area contributed by atoms with Crippen LogP contribution in [-0.4, -0.2) is 10.1 Å². The van der Waals surface area contributed by atoms with Crippen LogP contribution in [0.25, 0.3) is 22.6 Å². The van der Waals surface area contributed by atoms with E-state index in [0.717, 1.165) is 22.2 Å². The molecule has 90 valence electrons. The number of phenolic OH excluding ortho intramolecular Hbond substituents is 1.